The average Bonchev–Trinajstić information content (AvgIpc) is 2.26. The predicted octanol–water partition coefficient (Wildman–Crippen LogP) is 1.51. The molecule has 0 spiro atoms. The van der Waals surface area contributed by atoms with Crippen molar-refractivity contribution >= 4 is 17.9 Å². The van der Waals surface area contributed by atoms with Crippen molar-refractivity contribution in [3.63, 3.8) is 0 Å². The van der Waals surface area contributed by atoms with E-state index in [0.717, 1.165) is 5.69 Å². The van der Waals surface area contributed by atoms with Gasteiger partial charge in [0.2, 0.25) is 0 Å². The lowest BCUT2D eigenvalue weighted by Crippen LogP contribution is -2.03. The van der Waals surface area contributed by atoms with Crippen molar-refractivity contribution in [2.24, 2.45) is 0 Å². The van der Waals surface area contributed by atoms with Gasteiger partial charge in [-0.15, -0.1) is 0 Å². The van der Waals surface area contributed by atoms with Crippen molar-refractivity contribution < 1.29 is 9.53 Å². The third-order valence-corrected chi connectivity index (χ3v) is 1.90. The van der Waals surface area contributed by atoms with Crippen molar-refractivity contribution in [1.29, 1.82) is 5.41 Å². The van der Waals surface area contributed by atoms with Crippen LogP contribution in [0.5, 0.6) is 0 Å². The van der Waals surface area contributed by atoms with Crippen LogP contribution in [0.15, 0.2) is 18.2 Å². The summed E-state index contributed by atoms with van der Waals surface area (Å²) in [5, 5.41) is 10.1. The summed E-state index contributed by atoms with van der Waals surface area (Å²) >= 11 is 0. The van der Waals surface area contributed by atoms with Crippen LogP contribution in [0, 0.1) is 5.41 Å². The first kappa shape index (κ1) is 10.2. The van der Waals surface area contributed by atoms with Gasteiger partial charge in [-0.3, -0.25) is 0 Å². The van der Waals surface area contributed by atoms with E-state index in [1.54, 1.807) is 25.2 Å². The molecule has 1 rings (SSSR count). The molecule has 0 amide bonds. The molecule has 74 valence electrons. The molecule has 0 unspecified atom stereocenters. The van der Waals surface area contributed by atoms with Crippen molar-refractivity contribution in [2.45, 2.75) is 0 Å². The number of rotatable bonds is 3. The third kappa shape index (κ3) is 1.90. The second-order valence-electron chi connectivity index (χ2n) is 2.69. The van der Waals surface area contributed by atoms with Crippen LogP contribution < -0.4 is 5.32 Å². The minimum Gasteiger partial charge on any atom is -0.465 e. The minimum atomic E-state index is -0.393. The van der Waals surface area contributed by atoms with Gasteiger partial charge in [-0.25, -0.2) is 4.79 Å². The zero-order valence-electron chi connectivity index (χ0n) is 8.13. The Hall–Kier alpha value is -1.84. The molecule has 0 radical (unpaired) electrons. The smallest absolute Gasteiger partial charge is 0.337 e. The molecule has 4 nitrogen and oxygen atoms in total. The monoisotopic (exact) mass is 192 g/mol. The van der Waals surface area contributed by atoms with Gasteiger partial charge in [0.25, 0.3) is 0 Å². The van der Waals surface area contributed by atoms with Gasteiger partial charge in [-0.05, 0) is 18.2 Å². The molecule has 0 atom stereocenters. The van der Waals surface area contributed by atoms with Crippen molar-refractivity contribution in [2.75, 3.05) is 19.5 Å². The molecule has 0 heterocycles. The summed E-state index contributed by atoms with van der Waals surface area (Å²) < 4.78 is 4.57. The third-order valence-electron chi connectivity index (χ3n) is 1.90. The number of carbonyl (C=O) groups excluding carboxylic acids is 1. The maximum Gasteiger partial charge on any atom is 0.337 e. The Kier molecular flexibility index (Phi) is 3.23. The molecular weight excluding hydrogens is 180 g/mol. The normalized spacial score (nSPS) is 9.29. The van der Waals surface area contributed by atoms with Gasteiger partial charge >= 0.3 is 5.97 Å². The van der Waals surface area contributed by atoms with E-state index in [2.05, 4.69) is 10.1 Å². The van der Waals surface area contributed by atoms with Crippen LogP contribution in [0.3, 0.4) is 0 Å². The van der Waals surface area contributed by atoms with Gasteiger partial charge in [0.15, 0.2) is 0 Å². The second kappa shape index (κ2) is 4.41. The molecule has 2 N–H and O–H groups in total. The summed E-state index contributed by atoms with van der Waals surface area (Å²) in [7, 11) is 3.10. The molecule has 0 fully saturated rings. The molecular formula is C10H12N2O2. The Morgan fingerprint density at radius 1 is 1.57 bits per heavy atom. The Bertz CT molecular complexity index is 361. The SMILES string of the molecule is CNc1ccc(C(=O)OC)cc1C=N. The molecule has 0 aliphatic heterocycles. The van der Waals surface area contributed by atoms with Crippen molar-refractivity contribution in [1.82, 2.24) is 0 Å². The van der Waals surface area contributed by atoms with Gasteiger partial charge in [-0.1, -0.05) is 0 Å². The van der Waals surface area contributed by atoms with Crippen LogP contribution >= 0.6 is 0 Å². The number of nitrogens with one attached hydrogen (secondary N) is 2. The fourth-order valence-corrected chi connectivity index (χ4v) is 1.15. The summed E-state index contributed by atoms with van der Waals surface area (Å²) in [6.45, 7) is 0. The number of ether oxygens (including phenoxy) is 1. The lowest BCUT2D eigenvalue weighted by molar-refractivity contribution is 0.0601. The van der Waals surface area contributed by atoms with Crippen LogP contribution in [0.25, 0.3) is 0 Å². The topological polar surface area (TPSA) is 62.2 Å². The number of benzene rings is 1. The molecule has 1 aromatic carbocycles. The first-order valence-electron chi connectivity index (χ1n) is 4.13. The number of carbonyl (C=O) groups is 1. The fraction of sp³-hybridized carbons (Fsp3) is 0.200. The molecule has 0 aliphatic rings. The largest absolute Gasteiger partial charge is 0.465 e. The van der Waals surface area contributed by atoms with E-state index >= 15 is 0 Å². The molecule has 14 heavy (non-hydrogen) atoms. The average molecular weight is 192 g/mol. The minimum absolute atomic E-state index is 0.393. The predicted molar refractivity (Wildman–Crippen MR) is 55.2 cm³/mol. The summed E-state index contributed by atoms with van der Waals surface area (Å²) in [6.07, 6.45) is 1.19. The van der Waals surface area contributed by atoms with Crippen LogP contribution in [0.1, 0.15) is 15.9 Å². The van der Waals surface area contributed by atoms with Gasteiger partial charge in [0.1, 0.15) is 0 Å². The maximum atomic E-state index is 11.2. The Morgan fingerprint density at radius 3 is 2.79 bits per heavy atom. The molecule has 0 aromatic heterocycles. The first-order valence-corrected chi connectivity index (χ1v) is 4.13. The summed E-state index contributed by atoms with van der Waals surface area (Å²) in [6, 6.07) is 5.02. The van der Waals surface area contributed by atoms with E-state index in [1.807, 2.05) is 0 Å². The Labute approximate surface area is 82.4 Å². The van der Waals surface area contributed by atoms with Crippen LogP contribution in [-0.4, -0.2) is 26.3 Å². The highest BCUT2D eigenvalue weighted by atomic mass is 16.5. The maximum absolute atomic E-state index is 11.2. The lowest BCUT2D eigenvalue weighted by Gasteiger charge is -2.06. The number of hydrogen-bond acceptors (Lipinski definition) is 4. The highest BCUT2D eigenvalue weighted by molar-refractivity contribution is 5.94. The van der Waals surface area contributed by atoms with Crippen LogP contribution in [0.4, 0.5) is 5.69 Å². The Balaban J connectivity index is 3.13. The highest BCUT2D eigenvalue weighted by Gasteiger charge is 2.07. The van der Waals surface area contributed by atoms with Gasteiger partial charge in [0, 0.05) is 24.5 Å². The molecule has 0 saturated carbocycles. The quantitative estimate of drug-likeness (QED) is 0.563. The zero-order chi connectivity index (χ0) is 10.6. The fourth-order valence-electron chi connectivity index (χ4n) is 1.15. The summed E-state index contributed by atoms with van der Waals surface area (Å²) in [5.41, 5.74) is 1.92. The molecule has 1 aromatic rings. The lowest BCUT2D eigenvalue weighted by atomic mass is 10.1. The standard InChI is InChI=1S/C10H12N2O2/c1-12-9-4-3-7(10(13)14-2)5-8(9)6-11/h3-6,11-12H,1-2H3. The van der Waals surface area contributed by atoms with Crippen molar-refractivity contribution in [3.05, 3.63) is 29.3 Å². The van der Waals surface area contributed by atoms with E-state index in [4.69, 9.17) is 5.41 Å². The van der Waals surface area contributed by atoms with E-state index in [9.17, 15) is 4.79 Å². The molecule has 0 bridgehead atoms. The van der Waals surface area contributed by atoms with E-state index < -0.39 is 5.97 Å². The highest BCUT2D eigenvalue weighted by Crippen LogP contribution is 2.15. The van der Waals surface area contributed by atoms with Crippen LogP contribution in [0.2, 0.25) is 0 Å². The van der Waals surface area contributed by atoms with Gasteiger partial charge in [0.05, 0.1) is 12.7 Å². The Morgan fingerprint density at radius 2 is 2.29 bits per heavy atom. The number of anilines is 1. The van der Waals surface area contributed by atoms with Gasteiger partial charge < -0.3 is 15.5 Å². The summed E-state index contributed by atoms with van der Waals surface area (Å²) in [5.74, 6) is -0.393. The molecule has 0 saturated heterocycles. The van der Waals surface area contributed by atoms with Gasteiger partial charge in [-0.2, -0.15) is 0 Å². The van der Waals surface area contributed by atoms with E-state index in [0.29, 0.717) is 11.1 Å². The molecule has 0 aliphatic carbocycles. The van der Waals surface area contributed by atoms with E-state index in [-0.39, 0.29) is 0 Å². The number of esters is 1. The first-order chi connectivity index (χ1) is 6.72. The molecule has 4 heteroatoms. The number of methoxy groups -OCH3 is 1. The summed E-state index contributed by atoms with van der Waals surface area (Å²) in [4.78, 5) is 11.2. The van der Waals surface area contributed by atoms with E-state index in [1.165, 1.54) is 13.3 Å². The van der Waals surface area contributed by atoms with Crippen molar-refractivity contribution in [3.8, 4) is 0 Å². The zero-order valence-corrected chi connectivity index (χ0v) is 8.13. The second-order valence-corrected chi connectivity index (χ2v) is 2.69. The van der Waals surface area contributed by atoms with Crippen LogP contribution in [-0.2, 0) is 4.74 Å². The number of hydrogen-bond donors (Lipinski definition) is 2.